The zero-order valence-electron chi connectivity index (χ0n) is 10.3. The van der Waals surface area contributed by atoms with Crippen molar-refractivity contribution in [3.63, 3.8) is 0 Å². The minimum Gasteiger partial charge on any atom is -0.352 e. The number of rotatable bonds is 5. The Morgan fingerprint density at radius 1 is 1.20 bits per heavy atom. The summed E-state index contributed by atoms with van der Waals surface area (Å²) in [4.78, 5) is 24.3. The second kappa shape index (κ2) is 6.43. The Morgan fingerprint density at radius 3 is 2.07 bits per heavy atom. The number of hydrogen-bond acceptors (Lipinski definition) is 2. The summed E-state index contributed by atoms with van der Waals surface area (Å²) < 4.78 is 0. The lowest BCUT2D eigenvalue weighted by Crippen LogP contribution is -2.43. The van der Waals surface area contributed by atoms with Crippen LogP contribution >= 0.6 is 0 Å². The first kappa shape index (κ1) is 13.9. The molecule has 0 bridgehead atoms. The Bertz CT molecular complexity index is 225. The molecular formula is C11H22N2O2. The molecule has 0 rings (SSSR count). The highest BCUT2D eigenvalue weighted by Gasteiger charge is 2.14. The van der Waals surface area contributed by atoms with Crippen molar-refractivity contribution in [3.8, 4) is 0 Å². The Kier molecular flexibility index (Phi) is 5.97. The third kappa shape index (κ3) is 6.94. The average molecular weight is 214 g/mol. The number of carbonyl (C=O) groups is 2. The number of amides is 2. The van der Waals surface area contributed by atoms with Gasteiger partial charge in [-0.15, -0.1) is 0 Å². The van der Waals surface area contributed by atoms with Gasteiger partial charge in [0.25, 0.3) is 0 Å². The normalized spacial score (nSPS) is 10.6. The van der Waals surface area contributed by atoms with Crippen molar-refractivity contribution in [2.24, 2.45) is 5.92 Å². The summed E-state index contributed by atoms with van der Waals surface area (Å²) in [5.41, 5.74) is 0. The molecule has 0 aliphatic rings. The van der Waals surface area contributed by atoms with E-state index in [1.54, 1.807) is 4.90 Å². The van der Waals surface area contributed by atoms with Crippen LogP contribution in [0.4, 0.5) is 0 Å². The molecule has 0 atom stereocenters. The second-order valence-corrected chi connectivity index (χ2v) is 4.52. The maximum absolute atomic E-state index is 11.4. The summed E-state index contributed by atoms with van der Waals surface area (Å²) in [7, 11) is 0. The summed E-state index contributed by atoms with van der Waals surface area (Å²) >= 11 is 0. The highest BCUT2D eigenvalue weighted by atomic mass is 16.2. The summed E-state index contributed by atoms with van der Waals surface area (Å²) in [6.45, 7) is 10.1. The molecule has 0 fully saturated rings. The van der Waals surface area contributed by atoms with Crippen LogP contribution in [0.2, 0.25) is 0 Å². The van der Waals surface area contributed by atoms with Crippen molar-refractivity contribution in [1.29, 1.82) is 0 Å². The Labute approximate surface area is 92.0 Å². The Morgan fingerprint density at radius 2 is 1.73 bits per heavy atom. The third-order valence-electron chi connectivity index (χ3n) is 1.81. The SMILES string of the molecule is CC(=O)N(CC(=O)NC(C)C)CC(C)C. The summed E-state index contributed by atoms with van der Waals surface area (Å²) in [5.74, 6) is 0.226. The van der Waals surface area contributed by atoms with Gasteiger partial charge in [-0.1, -0.05) is 13.8 Å². The first-order valence-corrected chi connectivity index (χ1v) is 5.37. The third-order valence-corrected chi connectivity index (χ3v) is 1.81. The minimum atomic E-state index is -0.0964. The summed E-state index contributed by atoms with van der Waals surface area (Å²) in [5, 5.41) is 2.77. The minimum absolute atomic E-state index is 0.0531. The molecule has 0 radical (unpaired) electrons. The lowest BCUT2D eigenvalue weighted by atomic mass is 10.2. The van der Waals surface area contributed by atoms with Crippen LogP contribution in [0.25, 0.3) is 0 Å². The van der Waals surface area contributed by atoms with Gasteiger partial charge in [-0.3, -0.25) is 9.59 Å². The average Bonchev–Trinajstić information content (AvgIpc) is 1.99. The molecule has 0 aromatic rings. The van der Waals surface area contributed by atoms with Gasteiger partial charge in [0, 0.05) is 19.5 Å². The molecular weight excluding hydrogens is 192 g/mol. The quantitative estimate of drug-likeness (QED) is 0.742. The Hall–Kier alpha value is -1.06. The number of nitrogens with one attached hydrogen (secondary N) is 1. The summed E-state index contributed by atoms with van der Waals surface area (Å²) in [6, 6.07) is 0.116. The van der Waals surface area contributed by atoms with E-state index in [4.69, 9.17) is 0 Å². The predicted molar refractivity (Wildman–Crippen MR) is 60.4 cm³/mol. The number of nitrogens with zero attached hydrogens (tertiary/aromatic N) is 1. The molecule has 2 amide bonds. The van der Waals surface area contributed by atoms with Crippen LogP contribution in [-0.2, 0) is 9.59 Å². The highest BCUT2D eigenvalue weighted by Crippen LogP contribution is 1.99. The first-order valence-electron chi connectivity index (χ1n) is 5.37. The maximum Gasteiger partial charge on any atom is 0.239 e. The zero-order valence-corrected chi connectivity index (χ0v) is 10.3. The van der Waals surface area contributed by atoms with E-state index >= 15 is 0 Å². The standard InChI is InChI=1S/C11H22N2O2/c1-8(2)6-13(10(5)14)7-11(15)12-9(3)4/h8-9H,6-7H2,1-5H3,(H,12,15). The van der Waals surface area contributed by atoms with E-state index in [0.29, 0.717) is 12.5 Å². The van der Waals surface area contributed by atoms with E-state index in [1.807, 2.05) is 27.7 Å². The van der Waals surface area contributed by atoms with Crippen LogP contribution in [0.5, 0.6) is 0 Å². The van der Waals surface area contributed by atoms with Gasteiger partial charge < -0.3 is 10.2 Å². The van der Waals surface area contributed by atoms with Crippen molar-refractivity contribution in [2.45, 2.75) is 40.7 Å². The lowest BCUT2D eigenvalue weighted by Gasteiger charge is -2.23. The predicted octanol–water partition coefficient (Wildman–Crippen LogP) is 1.02. The van der Waals surface area contributed by atoms with Gasteiger partial charge in [-0.05, 0) is 19.8 Å². The monoisotopic (exact) mass is 214 g/mol. The molecule has 0 aliphatic heterocycles. The smallest absolute Gasteiger partial charge is 0.239 e. The van der Waals surface area contributed by atoms with Crippen LogP contribution in [0.3, 0.4) is 0 Å². The molecule has 0 aromatic heterocycles. The van der Waals surface area contributed by atoms with E-state index in [2.05, 4.69) is 5.32 Å². The van der Waals surface area contributed by atoms with Crippen LogP contribution in [0.15, 0.2) is 0 Å². The molecule has 15 heavy (non-hydrogen) atoms. The van der Waals surface area contributed by atoms with E-state index in [1.165, 1.54) is 6.92 Å². The van der Waals surface area contributed by atoms with Crippen molar-refractivity contribution >= 4 is 11.8 Å². The molecule has 0 heterocycles. The largest absolute Gasteiger partial charge is 0.352 e. The summed E-state index contributed by atoms with van der Waals surface area (Å²) in [6.07, 6.45) is 0. The van der Waals surface area contributed by atoms with Crippen LogP contribution in [0, 0.1) is 5.92 Å². The van der Waals surface area contributed by atoms with Gasteiger partial charge in [0.05, 0.1) is 6.54 Å². The van der Waals surface area contributed by atoms with Gasteiger partial charge in [-0.25, -0.2) is 0 Å². The van der Waals surface area contributed by atoms with Gasteiger partial charge >= 0.3 is 0 Å². The van der Waals surface area contributed by atoms with Crippen molar-refractivity contribution in [3.05, 3.63) is 0 Å². The van der Waals surface area contributed by atoms with Crippen molar-refractivity contribution in [2.75, 3.05) is 13.1 Å². The zero-order chi connectivity index (χ0) is 12.0. The molecule has 0 saturated heterocycles. The molecule has 4 nitrogen and oxygen atoms in total. The molecule has 4 heteroatoms. The maximum atomic E-state index is 11.4. The molecule has 0 aromatic carbocycles. The van der Waals surface area contributed by atoms with Gasteiger partial charge in [0.2, 0.25) is 11.8 Å². The molecule has 1 N–H and O–H groups in total. The van der Waals surface area contributed by atoms with E-state index in [9.17, 15) is 9.59 Å². The van der Waals surface area contributed by atoms with E-state index < -0.39 is 0 Å². The number of hydrogen-bond donors (Lipinski definition) is 1. The fourth-order valence-electron chi connectivity index (χ4n) is 1.29. The fraction of sp³-hybridized carbons (Fsp3) is 0.818. The molecule has 0 unspecified atom stereocenters. The molecule has 0 spiro atoms. The van der Waals surface area contributed by atoms with Gasteiger partial charge in [0.1, 0.15) is 0 Å². The second-order valence-electron chi connectivity index (χ2n) is 4.52. The first-order chi connectivity index (χ1) is 6.82. The molecule has 0 aliphatic carbocycles. The lowest BCUT2D eigenvalue weighted by molar-refractivity contribution is -0.135. The van der Waals surface area contributed by atoms with E-state index in [0.717, 1.165) is 0 Å². The molecule has 88 valence electrons. The van der Waals surface area contributed by atoms with Crippen LogP contribution in [0.1, 0.15) is 34.6 Å². The Balaban J connectivity index is 4.16. The van der Waals surface area contributed by atoms with Crippen molar-refractivity contribution < 1.29 is 9.59 Å². The van der Waals surface area contributed by atoms with Gasteiger partial charge in [0.15, 0.2) is 0 Å². The van der Waals surface area contributed by atoms with Crippen molar-refractivity contribution in [1.82, 2.24) is 10.2 Å². The van der Waals surface area contributed by atoms with E-state index in [-0.39, 0.29) is 24.4 Å². The molecule has 0 saturated carbocycles. The van der Waals surface area contributed by atoms with Gasteiger partial charge in [-0.2, -0.15) is 0 Å². The van der Waals surface area contributed by atoms with Crippen LogP contribution < -0.4 is 5.32 Å². The van der Waals surface area contributed by atoms with Crippen LogP contribution in [-0.4, -0.2) is 35.8 Å². The topological polar surface area (TPSA) is 49.4 Å². The number of carbonyl (C=O) groups excluding carboxylic acids is 2. The fourth-order valence-corrected chi connectivity index (χ4v) is 1.29. The highest BCUT2D eigenvalue weighted by molar-refractivity contribution is 5.83.